The molecule has 2 aromatic rings. The molecule has 0 radical (unpaired) electrons. The highest BCUT2D eigenvalue weighted by molar-refractivity contribution is 5.78. The molecule has 1 amide bonds. The molecule has 1 aliphatic rings. The molecule has 1 aromatic carbocycles. The molecule has 1 aliphatic heterocycles. The molecule has 3 rings (SSSR count). The average Bonchev–Trinajstić information content (AvgIpc) is 2.80. The first-order valence-corrected chi connectivity index (χ1v) is 10.0. The zero-order chi connectivity index (χ0) is 23.3. The van der Waals surface area contributed by atoms with Gasteiger partial charge in [-0.3, -0.25) is 9.59 Å². The van der Waals surface area contributed by atoms with Crippen LogP contribution < -0.4 is 14.9 Å². The fourth-order valence-electron chi connectivity index (χ4n) is 3.60. The van der Waals surface area contributed by atoms with Crippen molar-refractivity contribution in [2.24, 2.45) is 0 Å². The molecule has 0 unspecified atom stereocenters. The van der Waals surface area contributed by atoms with Gasteiger partial charge in [-0.1, -0.05) is 0 Å². The van der Waals surface area contributed by atoms with Gasteiger partial charge in [0.2, 0.25) is 22.8 Å². The summed E-state index contributed by atoms with van der Waals surface area (Å²) >= 11 is 0. The lowest BCUT2D eigenvalue weighted by atomic mass is 9.90. The van der Waals surface area contributed by atoms with Crippen molar-refractivity contribution in [2.75, 3.05) is 47.6 Å². The number of hydrogen-bond donors (Lipinski definition) is 2. The van der Waals surface area contributed by atoms with E-state index >= 15 is 0 Å². The minimum atomic E-state index is -0.863. The van der Waals surface area contributed by atoms with Gasteiger partial charge < -0.3 is 38.5 Å². The van der Waals surface area contributed by atoms with Crippen molar-refractivity contribution in [3.05, 3.63) is 45.5 Å². The molecule has 1 fully saturated rings. The first kappa shape index (κ1) is 23.4. The van der Waals surface area contributed by atoms with E-state index in [1.54, 1.807) is 4.90 Å². The normalized spacial score (nSPS) is 14.8. The molecular formula is C22H27NO9. The monoisotopic (exact) mass is 449 g/mol. The van der Waals surface area contributed by atoms with Crippen LogP contribution in [-0.4, -0.2) is 68.7 Å². The van der Waals surface area contributed by atoms with Crippen LogP contribution in [0, 0.1) is 0 Å². The lowest BCUT2D eigenvalue weighted by Crippen LogP contribution is -2.41. The second kappa shape index (κ2) is 10.4. The van der Waals surface area contributed by atoms with Gasteiger partial charge in [-0.25, -0.2) is 0 Å². The molecule has 1 saturated heterocycles. The molecule has 174 valence electrons. The molecule has 1 aromatic heterocycles. The molecule has 0 spiro atoms. The predicted octanol–water partition coefficient (Wildman–Crippen LogP) is 1.60. The fourth-order valence-corrected chi connectivity index (χ4v) is 3.60. The summed E-state index contributed by atoms with van der Waals surface area (Å²) in [5.74, 6) is -1.54. The van der Waals surface area contributed by atoms with Crippen molar-refractivity contribution >= 4 is 5.91 Å². The quantitative estimate of drug-likeness (QED) is 0.617. The molecule has 0 bridgehead atoms. The highest BCUT2D eigenvalue weighted by Crippen LogP contribution is 2.42. The molecule has 1 atom stereocenters. The van der Waals surface area contributed by atoms with E-state index in [1.807, 2.05) is 0 Å². The van der Waals surface area contributed by atoms with Crippen LogP contribution in [0.25, 0.3) is 0 Å². The molecule has 0 aliphatic carbocycles. The van der Waals surface area contributed by atoms with E-state index in [1.165, 1.54) is 33.5 Å². The van der Waals surface area contributed by atoms with Gasteiger partial charge in [-0.2, -0.15) is 0 Å². The van der Waals surface area contributed by atoms with Gasteiger partial charge in [0.05, 0.1) is 33.4 Å². The van der Waals surface area contributed by atoms with E-state index in [0.717, 1.165) is 6.07 Å². The zero-order valence-corrected chi connectivity index (χ0v) is 18.3. The molecule has 10 nitrogen and oxygen atoms in total. The SMILES string of the molecule is COCc1cc(=O)c(O)c([C@@H](CC(=O)N2CCOCC2)c2cc(OC)c(O)c(OC)c2)o1. The van der Waals surface area contributed by atoms with Crippen LogP contribution in [0.2, 0.25) is 0 Å². The summed E-state index contributed by atoms with van der Waals surface area (Å²) < 4.78 is 26.6. The van der Waals surface area contributed by atoms with Crippen molar-refractivity contribution in [2.45, 2.75) is 18.9 Å². The number of aromatic hydroxyl groups is 2. The Morgan fingerprint density at radius 2 is 1.69 bits per heavy atom. The first-order chi connectivity index (χ1) is 15.4. The van der Waals surface area contributed by atoms with Gasteiger partial charge in [-0.15, -0.1) is 0 Å². The third kappa shape index (κ3) is 4.97. The number of phenolic OH excluding ortho intramolecular Hbond substituents is 1. The van der Waals surface area contributed by atoms with Crippen LogP contribution in [0.4, 0.5) is 0 Å². The zero-order valence-electron chi connectivity index (χ0n) is 18.3. The van der Waals surface area contributed by atoms with E-state index in [-0.39, 0.29) is 47.7 Å². The van der Waals surface area contributed by atoms with E-state index < -0.39 is 17.1 Å². The summed E-state index contributed by atoms with van der Waals surface area (Å²) in [6, 6.07) is 4.16. The van der Waals surface area contributed by atoms with Gasteiger partial charge in [0.25, 0.3) is 0 Å². The maximum atomic E-state index is 13.1. The van der Waals surface area contributed by atoms with Crippen molar-refractivity contribution in [1.82, 2.24) is 4.90 Å². The number of ether oxygens (including phenoxy) is 4. The lowest BCUT2D eigenvalue weighted by molar-refractivity contribution is -0.135. The van der Waals surface area contributed by atoms with Crippen LogP contribution in [0.15, 0.2) is 27.4 Å². The molecule has 10 heteroatoms. The third-order valence-electron chi connectivity index (χ3n) is 5.25. The largest absolute Gasteiger partial charge is 0.502 e. The van der Waals surface area contributed by atoms with Crippen molar-refractivity contribution in [1.29, 1.82) is 0 Å². The minimum absolute atomic E-state index is 0.00880. The summed E-state index contributed by atoms with van der Waals surface area (Å²) in [5.41, 5.74) is -0.203. The Morgan fingerprint density at radius 3 is 2.25 bits per heavy atom. The minimum Gasteiger partial charge on any atom is -0.502 e. The van der Waals surface area contributed by atoms with Crippen molar-refractivity contribution < 1.29 is 38.4 Å². The van der Waals surface area contributed by atoms with Crippen LogP contribution in [0.5, 0.6) is 23.0 Å². The van der Waals surface area contributed by atoms with E-state index in [9.17, 15) is 19.8 Å². The van der Waals surface area contributed by atoms with Crippen LogP contribution in [0.1, 0.15) is 29.4 Å². The Bertz CT molecular complexity index is 986. The highest BCUT2D eigenvalue weighted by Gasteiger charge is 2.30. The van der Waals surface area contributed by atoms with E-state index in [2.05, 4.69) is 0 Å². The fraction of sp³-hybridized carbons (Fsp3) is 0.455. The standard InChI is InChI=1S/C22H27NO9/c1-28-12-14-10-16(24)20(26)22(32-14)15(11-19(25)23-4-6-31-7-5-23)13-8-17(29-2)21(27)18(9-13)30-3/h8-10,15,26-27H,4-7,11-12H2,1-3H3/t15-/m0/s1. The lowest BCUT2D eigenvalue weighted by Gasteiger charge is -2.29. The van der Waals surface area contributed by atoms with E-state index in [0.29, 0.717) is 31.9 Å². The number of hydrogen-bond acceptors (Lipinski definition) is 9. The Hall–Kier alpha value is -3.24. The van der Waals surface area contributed by atoms with Crippen LogP contribution >= 0.6 is 0 Å². The van der Waals surface area contributed by atoms with Gasteiger partial charge in [0.1, 0.15) is 12.4 Å². The summed E-state index contributed by atoms with van der Waals surface area (Å²) in [6.45, 7) is 1.75. The highest BCUT2D eigenvalue weighted by atomic mass is 16.5. The Labute approximate surface area is 184 Å². The number of carbonyl (C=O) groups is 1. The third-order valence-corrected chi connectivity index (χ3v) is 5.25. The molecule has 32 heavy (non-hydrogen) atoms. The molecule has 2 heterocycles. The predicted molar refractivity (Wildman–Crippen MR) is 112 cm³/mol. The smallest absolute Gasteiger partial charge is 0.227 e. The molecule has 0 saturated carbocycles. The van der Waals surface area contributed by atoms with E-state index in [4.69, 9.17) is 23.4 Å². The maximum Gasteiger partial charge on any atom is 0.227 e. The van der Waals surface area contributed by atoms with Gasteiger partial charge >= 0.3 is 0 Å². The number of rotatable bonds is 8. The Kier molecular flexibility index (Phi) is 7.60. The number of nitrogens with zero attached hydrogens (tertiary/aromatic N) is 1. The second-order valence-electron chi connectivity index (χ2n) is 7.25. The second-order valence-corrected chi connectivity index (χ2v) is 7.25. The van der Waals surface area contributed by atoms with Gasteiger partial charge in [-0.05, 0) is 17.7 Å². The molecular weight excluding hydrogens is 422 g/mol. The van der Waals surface area contributed by atoms with Gasteiger partial charge in [0, 0.05) is 32.7 Å². The van der Waals surface area contributed by atoms with Crippen LogP contribution in [0.3, 0.4) is 0 Å². The number of phenols is 1. The Morgan fingerprint density at radius 1 is 1.06 bits per heavy atom. The summed E-state index contributed by atoms with van der Waals surface area (Å²) in [5, 5.41) is 20.8. The first-order valence-electron chi connectivity index (χ1n) is 10.0. The summed E-state index contributed by atoms with van der Waals surface area (Å²) in [7, 11) is 4.20. The average molecular weight is 449 g/mol. The van der Waals surface area contributed by atoms with Gasteiger partial charge in [0.15, 0.2) is 17.3 Å². The summed E-state index contributed by atoms with van der Waals surface area (Å²) in [6.07, 6.45) is -0.107. The summed E-state index contributed by atoms with van der Waals surface area (Å²) in [4.78, 5) is 27.1. The van der Waals surface area contributed by atoms with Crippen molar-refractivity contribution in [3.8, 4) is 23.0 Å². The molecule has 2 N–H and O–H groups in total. The number of benzene rings is 1. The number of amides is 1. The van der Waals surface area contributed by atoms with Crippen LogP contribution in [-0.2, 0) is 20.9 Å². The number of methoxy groups -OCH3 is 3. The topological polar surface area (TPSA) is 128 Å². The van der Waals surface area contributed by atoms with Crippen molar-refractivity contribution in [3.63, 3.8) is 0 Å². The maximum absolute atomic E-state index is 13.1. The number of carbonyl (C=O) groups excluding carboxylic acids is 1. The number of morpholine rings is 1. The Balaban J connectivity index is 2.12.